The van der Waals surface area contributed by atoms with Gasteiger partial charge in [0, 0.05) is 12.1 Å². The van der Waals surface area contributed by atoms with Gasteiger partial charge in [-0.2, -0.15) is 0 Å². The van der Waals surface area contributed by atoms with Crippen LogP contribution in [0, 0.1) is 0 Å². The van der Waals surface area contributed by atoms with E-state index in [-0.39, 0.29) is 25.5 Å². The largest absolute Gasteiger partial charge is 0.447 e. The normalized spacial score (nSPS) is 10.4. The van der Waals surface area contributed by atoms with Gasteiger partial charge in [0.05, 0.1) is 6.61 Å². The molecule has 3 aromatic carbocycles. The highest BCUT2D eigenvalue weighted by molar-refractivity contribution is 5.86. The van der Waals surface area contributed by atoms with Gasteiger partial charge >= 0.3 is 6.09 Å². The Bertz CT molecular complexity index is 1020. The molecule has 0 aliphatic rings. The number of hydrogen-bond donors (Lipinski definition) is 3. The lowest BCUT2D eigenvalue weighted by molar-refractivity contribution is -0.117. The van der Waals surface area contributed by atoms with Crippen molar-refractivity contribution in [3.63, 3.8) is 0 Å². The minimum Gasteiger partial charge on any atom is -0.447 e. The molecular formula is C24H24N2O4. The fourth-order valence-corrected chi connectivity index (χ4v) is 3.21. The van der Waals surface area contributed by atoms with Crippen LogP contribution >= 0.6 is 0 Å². The predicted molar refractivity (Wildman–Crippen MR) is 117 cm³/mol. The molecule has 30 heavy (non-hydrogen) atoms. The summed E-state index contributed by atoms with van der Waals surface area (Å²) < 4.78 is 4.84. The van der Waals surface area contributed by atoms with Crippen LogP contribution in [0.1, 0.15) is 12.0 Å². The Hall–Kier alpha value is -3.64. The first-order chi connectivity index (χ1) is 14.6. The van der Waals surface area contributed by atoms with Crippen LogP contribution in [0.3, 0.4) is 0 Å². The molecule has 3 aromatic rings. The molecule has 4 N–H and O–H groups in total. The van der Waals surface area contributed by atoms with Crippen LogP contribution in [0.2, 0.25) is 0 Å². The van der Waals surface area contributed by atoms with E-state index >= 15 is 0 Å². The molecule has 0 bridgehead atoms. The van der Waals surface area contributed by atoms with Gasteiger partial charge in [-0.05, 0) is 46.4 Å². The molecule has 0 radical (unpaired) electrons. The van der Waals surface area contributed by atoms with E-state index in [1.807, 2.05) is 60.7 Å². The van der Waals surface area contributed by atoms with E-state index in [0.29, 0.717) is 12.1 Å². The van der Waals surface area contributed by atoms with Gasteiger partial charge in [0.15, 0.2) is 0 Å². The first-order valence-corrected chi connectivity index (χ1v) is 9.68. The first-order valence-electron chi connectivity index (χ1n) is 9.68. The quantitative estimate of drug-likeness (QED) is 0.528. The molecule has 2 amide bonds. The van der Waals surface area contributed by atoms with Crippen LogP contribution in [-0.4, -0.2) is 30.3 Å². The predicted octanol–water partition coefficient (Wildman–Crippen LogP) is 3.98. The Kier molecular flexibility index (Phi) is 7.19. The fraction of sp³-hybridized carbons (Fsp3) is 0.167. The number of anilines is 1. The van der Waals surface area contributed by atoms with Crippen molar-refractivity contribution in [1.29, 1.82) is 0 Å². The number of amides is 2. The monoisotopic (exact) mass is 404 g/mol. The molecule has 0 fully saturated rings. The molecule has 0 aromatic heterocycles. The van der Waals surface area contributed by atoms with Crippen molar-refractivity contribution in [3.8, 4) is 22.3 Å². The Balaban J connectivity index is 1.93. The minimum atomic E-state index is -0.630. The maximum absolute atomic E-state index is 11.8. The van der Waals surface area contributed by atoms with Gasteiger partial charge in [0.1, 0.15) is 6.61 Å². The number of carbonyl (C=O) groups excluding carboxylic acids is 2. The van der Waals surface area contributed by atoms with E-state index in [4.69, 9.17) is 15.6 Å². The lowest BCUT2D eigenvalue weighted by Crippen LogP contribution is -2.15. The average molecular weight is 404 g/mol. The molecule has 0 aliphatic heterocycles. The molecule has 0 saturated heterocycles. The molecule has 0 saturated carbocycles. The van der Waals surface area contributed by atoms with Gasteiger partial charge < -0.3 is 15.6 Å². The van der Waals surface area contributed by atoms with Crippen molar-refractivity contribution in [2.24, 2.45) is 5.73 Å². The fourth-order valence-electron chi connectivity index (χ4n) is 3.21. The number of carbonyl (C=O) groups is 2. The molecule has 0 heterocycles. The van der Waals surface area contributed by atoms with Crippen LogP contribution in [0.25, 0.3) is 22.3 Å². The minimum absolute atomic E-state index is 0.0657. The number of aliphatic hydroxyl groups excluding tert-OH is 1. The van der Waals surface area contributed by atoms with Crippen LogP contribution in [0.15, 0.2) is 72.8 Å². The van der Waals surface area contributed by atoms with Crippen molar-refractivity contribution in [1.82, 2.24) is 0 Å². The summed E-state index contributed by atoms with van der Waals surface area (Å²) in [6.45, 7) is -0.297. The van der Waals surface area contributed by atoms with Crippen LogP contribution in [0.5, 0.6) is 0 Å². The van der Waals surface area contributed by atoms with Crippen LogP contribution in [0.4, 0.5) is 10.5 Å². The Morgan fingerprint density at radius 1 is 0.900 bits per heavy atom. The number of hydrogen-bond acceptors (Lipinski definition) is 4. The third kappa shape index (κ3) is 5.68. The van der Waals surface area contributed by atoms with Crippen molar-refractivity contribution in [3.05, 3.63) is 78.4 Å². The summed E-state index contributed by atoms with van der Waals surface area (Å²) >= 11 is 0. The number of benzene rings is 3. The molecule has 6 nitrogen and oxygen atoms in total. The third-order valence-corrected chi connectivity index (χ3v) is 4.60. The zero-order valence-electron chi connectivity index (χ0n) is 16.5. The van der Waals surface area contributed by atoms with E-state index in [2.05, 4.69) is 11.4 Å². The zero-order chi connectivity index (χ0) is 21.3. The zero-order valence-corrected chi connectivity index (χ0v) is 16.5. The van der Waals surface area contributed by atoms with Gasteiger partial charge in [-0.3, -0.25) is 10.1 Å². The van der Waals surface area contributed by atoms with Crippen molar-refractivity contribution < 1.29 is 19.4 Å². The van der Waals surface area contributed by atoms with Gasteiger partial charge in [0.25, 0.3) is 0 Å². The van der Waals surface area contributed by atoms with E-state index in [9.17, 15) is 9.59 Å². The second-order valence-corrected chi connectivity index (χ2v) is 6.77. The number of aliphatic hydroxyl groups is 1. The lowest BCUT2D eigenvalue weighted by atomic mass is 9.92. The Morgan fingerprint density at radius 2 is 1.67 bits per heavy atom. The van der Waals surface area contributed by atoms with Crippen LogP contribution in [-0.2, 0) is 16.0 Å². The standard InChI is InChI=1S/C24H24N2O4/c25-23(28)12-10-20-15-18(17-5-2-1-3-6-17)9-11-22(20)19-7-4-8-21(16-19)26-24(29)30-14-13-27/h1-9,11,15-16,27H,10,12-14H2,(H2,25,28)(H,26,29). The van der Waals surface area contributed by atoms with Gasteiger partial charge in [-0.1, -0.05) is 60.7 Å². The number of primary amides is 1. The summed E-state index contributed by atoms with van der Waals surface area (Å²) in [4.78, 5) is 23.1. The van der Waals surface area contributed by atoms with E-state index in [1.165, 1.54) is 0 Å². The second-order valence-electron chi connectivity index (χ2n) is 6.77. The molecule has 0 aliphatic carbocycles. The van der Waals surface area contributed by atoms with Crippen LogP contribution < -0.4 is 11.1 Å². The Morgan fingerprint density at radius 3 is 2.40 bits per heavy atom. The highest BCUT2D eigenvalue weighted by atomic mass is 16.6. The topological polar surface area (TPSA) is 102 Å². The van der Waals surface area contributed by atoms with Gasteiger partial charge in [0.2, 0.25) is 5.91 Å². The van der Waals surface area contributed by atoms with Gasteiger partial charge in [-0.25, -0.2) is 4.79 Å². The molecule has 154 valence electrons. The molecule has 0 unspecified atom stereocenters. The average Bonchev–Trinajstić information content (AvgIpc) is 2.77. The molecular weight excluding hydrogens is 380 g/mol. The Labute approximate surface area is 175 Å². The third-order valence-electron chi connectivity index (χ3n) is 4.60. The second kappa shape index (κ2) is 10.2. The number of nitrogens with one attached hydrogen (secondary N) is 1. The van der Waals surface area contributed by atoms with E-state index in [1.54, 1.807) is 6.07 Å². The summed E-state index contributed by atoms with van der Waals surface area (Å²) in [5, 5.41) is 11.4. The summed E-state index contributed by atoms with van der Waals surface area (Å²) in [5.74, 6) is -0.354. The molecule has 6 heteroatoms. The molecule has 0 atom stereocenters. The SMILES string of the molecule is NC(=O)CCc1cc(-c2ccccc2)ccc1-c1cccc(NC(=O)OCCO)c1. The number of rotatable bonds is 8. The maximum Gasteiger partial charge on any atom is 0.411 e. The summed E-state index contributed by atoms with van der Waals surface area (Å²) in [7, 11) is 0. The number of ether oxygens (including phenoxy) is 1. The number of aryl methyl sites for hydroxylation is 1. The highest BCUT2D eigenvalue weighted by Gasteiger charge is 2.11. The smallest absolute Gasteiger partial charge is 0.411 e. The van der Waals surface area contributed by atoms with Gasteiger partial charge in [-0.15, -0.1) is 0 Å². The highest BCUT2D eigenvalue weighted by Crippen LogP contribution is 2.31. The van der Waals surface area contributed by atoms with Crippen molar-refractivity contribution >= 4 is 17.7 Å². The van der Waals surface area contributed by atoms with E-state index < -0.39 is 6.09 Å². The maximum atomic E-state index is 11.8. The summed E-state index contributed by atoms with van der Waals surface area (Å²) in [6.07, 6.45) is 0.132. The number of nitrogens with two attached hydrogens (primary N) is 1. The van der Waals surface area contributed by atoms with E-state index in [0.717, 1.165) is 27.8 Å². The molecule has 0 spiro atoms. The first kappa shape index (κ1) is 21.1. The molecule has 3 rings (SSSR count). The lowest BCUT2D eigenvalue weighted by Gasteiger charge is -2.14. The summed E-state index contributed by atoms with van der Waals surface area (Å²) in [5.41, 5.74) is 11.0. The van der Waals surface area contributed by atoms with Crippen molar-refractivity contribution in [2.45, 2.75) is 12.8 Å². The summed E-state index contributed by atoms with van der Waals surface area (Å²) in [6, 6.07) is 23.5. The van der Waals surface area contributed by atoms with Crippen molar-refractivity contribution in [2.75, 3.05) is 18.5 Å².